The highest BCUT2D eigenvalue weighted by Gasteiger charge is 2.27. The number of nitrogens with zero attached hydrogens (tertiary/aromatic N) is 5. The summed E-state index contributed by atoms with van der Waals surface area (Å²) in [6, 6.07) is 0.446. The van der Waals surface area contributed by atoms with E-state index in [-0.39, 0.29) is 5.75 Å². The molecule has 1 fully saturated rings. The van der Waals surface area contributed by atoms with E-state index >= 15 is 0 Å². The topological polar surface area (TPSA) is 71.3 Å². The van der Waals surface area contributed by atoms with Crippen molar-refractivity contribution in [1.82, 2.24) is 24.6 Å². The third-order valence-electron chi connectivity index (χ3n) is 4.37. The van der Waals surface area contributed by atoms with Gasteiger partial charge in [-0.3, -0.25) is 4.90 Å². The molecule has 2 rings (SSSR count). The summed E-state index contributed by atoms with van der Waals surface area (Å²) in [5.41, 5.74) is 0. The van der Waals surface area contributed by atoms with Crippen LogP contribution >= 0.6 is 0 Å². The average Bonchev–Trinajstić information content (AvgIpc) is 3.03. The van der Waals surface area contributed by atoms with Crippen LogP contribution in [0.5, 0.6) is 0 Å². The van der Waals surface area contributed by atoms with Crippen molar-refractivity contribution >= 4 is 9.84 Å². The van der Waals surface area contributed by atoms with E-state index in [1.165, 1.54) is 6.26 Å². The fourth-order valence-electron chi connectivity index (χ4n) is 2.98. The van der Waals surface area contributed by atoms with Crippen LogP contribution in [-0.4, -0.2) is 77.7 Å². The Morgan fingerprint density at radius 1 is 1.36 bits per heavy atom. The SMILES string of the molecule is CCn1c(C)nnc1CN(C)[C@H]1CCN(CCS(C)(=O)=O)C1. The molecule has 22 heavy (non-hydrogen) atoms. The third kappa shape index (κ3) is 4.50. The Labute approximate surface area is 133 Å². The van der Waals surface area contributed by atoms with E-state index in [1.54, 1.807) is 0 Å². The molecule has 0 aromatic carbocycles. The van der Waals surface area contributed by atoms with Crippen LogP contribution in [0.3, 0.4) is 0 Å². The van der Waals surface area contributed by atoms with E-state index < -0.39 is 9.84 Å². The Balaban J connectivity index is 1.87. The van der Waals surface area contributed by atoms with Gasteiger partial charge in [-0.1, -0.05) is 0 Å². The maximum Gasteiger partial charge on any atom is 0.148 e. The molecule has 126 valence electrons. The van der Waals surface area contributed by atoms with E-state index in [4.69, 9.17) is 0 Å². The van der Waals surface area contributed by atoms with Gasteiger partial charge >= 0.3 is 0 Å². The Kier molecular flexibility index (Phi) is 5.57. The Bertz CT molecular complexity index is 598. The molecule has 1 aromatic heterocycles. The summed E-state index contributed by atoms with van der Waals surface area (Å²) in [5.74, 6) is 2.19. The van der Waals surface area contributed by atoms with Crippen molar-refractivity contribution in [2.75, 3.05) is 38.7 Å². The molecule has 0 aliphatic carbocycles. The molecular formula is C14H27N5O2S. The van der Waals surface area contributed by atoms with Crippen molar-refractivity contribution < 1.29 is 8.42 Å². The molecule has 8 heteroatoms. The molecule has 0 N–H and O–H groups in total. The van der Waals surface area contributed by atoms with Gasteiger partial charge in [0.2, 0.25) is 0 Å². The number of rotatable bonds is 7. The summed E-state index contributed by atoms with van der Waals surface area (Å²) in [5, 5.41) is 8.41. The summed E-state index contributed by atoms with van der Waals surface area (Å²) >= 11 is 0. The van der Waals surface area contributed by atoms with Gasteiger partial charge in [-0.05, 0) is 33.9 Å². The van der Waals surface area contributed by atoms with Crippen LogP contribution in [0.1, 0.15) is 25.0 Å². The Morgan fingerprint density at radius 2 is 2.09 bits per heavy atom. The van der Waals surface area contributed by atoms with Gasteiger partial charge < -0.3 is 9.47 Å². The van der Waals surface area contributed by atoms with Crippen molar-refractivity contribution in [3.8, 4) is 0 Å². The van der Waals surface area contributed by atoms with Crippen molar-refractivity contribution in [3.05, 3.63) is 11.6 Å². The zero-order chi connectivity index (χ0) is 16.3. The lowest BCUT2D eigenvalue weighted by atomic mass is 10.2. The minimum absolute atomic E-state index is 0.243. The van der Waals surface area contributed by atoms with E-state index in [0.717, 1.165) is 44.2 Å². The molecular weight excluding hydrogens is 302 g/mol. The first-order chi connectivity index (χ1) is 10.3. The smallest absolute Gasteiger partial charge is 0.148 e. The zero-order valence-electron chi connectivity index (χ0n) is 14.0. The molecule has 0 radical (unpaired) electrons. The van der Waals surface area contributed by atoms with Crippen molar-refractivity contribution in [2.45, 2.75) is 39.4 Å². The molecule has 0 saturated carbocycles. The first-order valence-electron chi connectivity index (χ1n) is 7.79. The predicted octanol–water partition coefficient (Wildman–Crippen LogP) is 0.157. The molecule has 0 spiro atoms. The van der Waals surface area contributed by atoms with Gasteiger partial charge in [-0.25, -0.2) is 8.42 Å². The molecule has 1 saturated heterocycles. The summed E-state index contributed by atoms with van der Waals surface area (Å²) in [7, 11) is -0.775. The molecule has 7 nitrogen and oxygen atoms in total. The average molecular weight is 329 g/mol. The minimum atomic E-state index is -2.88. The monoisotopic (exact) mass is 329 g/mol. The fourth-order valence-corrected chi connectivity index (χ4v) is 3.57. The molecule has 2 heterocycles. The summed E-state index contributed by atoms with van der Waals surface area (Å²) in [6.07, 6.45) is 2.37. The van der Waals surface area contributed by atoms with Gasteiger partial charge in [0.25, 0.3) is 0 Å². The first kappa shape index (κ1) is 17.4. The molecule has 0 bridgehead atoms. The molecule has 1 aromatic rings. The van der Waals surface area contributed by atoms with Crippen LogP contribution in [-0.2, 0) is 22.9 Å². The van der Waals surface area contributed by atoms with Crippen LogP contribution in [0.4, 0.5) is 0 Å². The second-order valence-corrected chi connectivity index (χ2v) is 8.46. The molecule has 1 aliphatic rings. The van der Waals surface area contributed by atoms with E-state index in [9.17, 15) is 8.42 Å². The molecule has 1 atom stereocenters. The molecule has 0 unspecified atom stereocenters. The summed E-state index contributed by atoms with van der Waals surface area (Å²) in [4.78, 5) is 4.54. The van der Waals surface area contributed by atoms with Crippen LogP contribution in [0.15, 0.2) is 0 Å². The Hall–Kier alpha value is -0.990. The summed E-state index contributed by atoms with van der Waals surface area (Å²) in [6.45, 7) is 8.25. The van der Waals surface area contributed by atoms with Crippen LogP contribution < -0.4 is 0 Å². The number of likely N-dealkylation sites (N-methyl/N-ethyl adjacent to an activating group) is 1. The van der Waals surface area contributed by atoms with Crippen molar-refractivity contribution in [2.24, 2.45) is 0 Å². The largest absolute Gasteiger partial charge is 0.314 e. The number of sulfone groups is 1. The predicted molar refractivity (Wildman–Crippen MR) is 86.5 cm³/mol. The first-order valence-corrected chi connectivity index (χ1v) is 9.85. The summed E-state index contributed by atoms with van der Waals surface area (Å²) < 4.78 is 24.7. The van der Waals surface area contributed by atoms with E-state index in [2.05, 4.69) is 38.5 Å². The van der Waals surface area contributed by atoms with Gasteiger partial charge in [-0.2, -0.15) is 0 Å². The second-order valence-electron chi connectivity index (χ2n) is 6.20. The number of hydrogen-bond donors (Lipinski definition) is 0. The Morgan fingerprint density at radius 3 is 2.73 bits per heavy atom. The van der Waals surface area contributed by atoms with E-state index in [0.29, 0.717) is 12.6 Å². The highest BCUT2D eigenvalue weighted by atomic mass is 32.2. The zero-order valence-corrected chi connectivity index (χ0v) is 14.8. The van der Waals surface area contributed by atoms with Crippen LogP contribution in [0.25, 0.3) is 0 Å². The molecule has 0 amide bonds. The highest BCUT2D eigenvalue weighted by Crippen LogP contribution is 2.16. The lowest BCUT2D eigenvalue weighted by Gasteiger charge is -2.24. The van der Waals surface area contributed by atoms with Crippen LogP contribution in [0.2, 0.25) is 0 Å². The maximum absolute atomic E-state index is 11.3. The van der Waals surface area contributed by atoms with Crippen molar-refractivity contribution in [1.29, 1.82) is 0 Å². The quantitative estimate of drug-likeness (QED) is 0.709. The number of aryl methyl sites for hydroxylation is 1. The van der Waals surface area contributed by atoms with Gasteiger partial charge in [0.1, 0.15) is 21.5 Å². The lowest BCUT2D eigenvalue weighted by Crippen LogP contribution is -2.36. The fraction of sp³-hybridized carbons (Fsp3) is 0.857. The number of aromatic nitrogens is 3. The lowest BCUT2D eigenvalue weighted by molar-refractivity contribution is 0.220. The van der Waals surface area contributed by atoms with Crippen LogP contribution in [0, 0.1) is 6.92 Å². The number of hydrogen-bond acceptors (Lipinski definition) is 6. The van der Waals surface area contributed by atoms with Gasteiger partial charge in [0.15, 0.2) is 0 Å². The normalized spacial score (nSPS) is 20.1. The second kappa shape index (κ2) is 7.06. The standard InChI is InChI=1S/C14H27N5O2S/c1-5-19-12(2)15-16-14(19)11-17(3)13-6-7-18(10-13)8-9-22(4,20)21/h13H,5-11H2,1-4H3/t13-/m0/s1. The third-order valence-corrected chi connectivity index (χ3v) is 5.29. The number of likely N-dealkylation sites (tertiary alicyclic amines) is 1. The molecule has 1 aliphatic heterocycles. The van der Waals surface area contributed by atoms with Crippen molar-refractivity contribution in [3.63, 3.8) is 0 Å². The van der Waals surface area contributed by atoms with E-state index in [1.807, 2.05) is 6.92 Å². The minimum Gasteiger partial charge on any atom is -0.314 e. The van der Waals surface area contributed by atoms with Gasteiger partial charge in [-0.15, -0.1) is 10.2 Å². The maximum atomic E-state index is 11.3. The van der Waals surface area contributed by atoms with Gasteiger partial charge in [0.05, 0.1) is 12.3 Å². The van der Waals surface area contributed by atoms with Gasteiger partial charge in [0, 0.05) is 31.9 Å². The highest BCUT2D eigenvalue weighted by molar-refractivity contribution is 7.90.